The third-order valence-corrected chi connectivity index (χ3v) is 8.75. The second-order valence-electron chi connectivity index (χ2n) is 10.6. The van der Waals surface area contributed by atoms with Crippen LogP contribution < -0.4 is 16.2 Å². The lowest BCUT2D eigenvalue weighted by molar-refractivity contribution is -0.126. The Bertz CT molecular complexity index is 1540. The summed E-state index contributed by atoms with van der Waals surface area (Å²) in [5.74, 6) is 0.359. The number of amides is 2. The maximum Gasteiger partial charge on any atom is 0.262 e. The van der Waals surface area contributed by atoms with Gasteiger partial charge in [-0.1, -0.05) is 73.3 Å². The van der Waals surface area contributed by atoms with Crippen LogP contribution in [0.4, 0.5) is 5.69 Å². The predicted octanol–water partition coefficient (Wildman–Crippen LogP) is 5.81. The lowest BCUT2D eigenvalue weighted by atomic mass is 9.81. The van der Waals surface area contributed by atoms with Crippen LogP contribution in [-0.4, -0.2) is 27.1 Å². The highest BCUT2D eigenvalue weighted by atomic mass is 32.2. The molecule has 0 radical (unpaired) electrons. The van der Waals surface area contributed by atoms with Gasteiger partial charge in [-0.2, -0.15) is 0 Å². The summed E-state index contributed by atoms with van der Waals surface area (Å²) in [6.45, 7) is 3.16. The first kappa shape index (κ1) is 28.6. The largest absolute Gasteiger partial charge is 0.352 e. The molecule has 41 heavy (non-hydrogen) atoms. The molecule has 1 fully saturated rings. The Balaban J connectivity index is 1.22. The molecule has 0 unspecified atom stereocenters. The second kappa shape index (κ2) is 13.6. The monoisotopic (exact) mass is 568 g/mol. The van der Waals surface area contributed by atoms with E-state index in [0.29, 0.717) is 29.1 Å². The predicted molar refractivity (Wildman–Crippen MR) is 165 cm³/mol. The Hall–Kier alpha value is -3.91. The molecule has 7 nitrogen and oxygen atoms in total. The number of anilines is 1. The van der Waals surface area contributed by atoms with Crippen LogP contribution in [0, 0.1) is 11.8 Å². The first-order valence-electron chi connectivity index (χ1n) is 14.3. The molecule has 0 atom stereocenters. The summed E-state index contributed by atoms with van der Waals surface area (Å²) in [6.07, 6.45) is 4.26. The summed E-state index contributed by atoms with van der Waals surface area (Å²) in [6, 6.07) is 25.1. The van der Waals surface area contributed by atoms with Crippen molar-refractivity contribution in [2.75, 3.05) is 11.1 Å². The Labute approximate surface area is 244 Å². The van der Waals surface area contributed by atoms with Crippen LogP contribution in [0.15, 0.2) is 88.8 Å². The lowest BCUT2D eigenvalue weighted by Crippen LogP contribution is -2.34. The number of hydrogen-bond acceptors (Lipinski definition) is 5. The highest BCUT2D eigenvalue weighted by molar-refractivity contribution is 7.99. The molecule has 0 saturated heterocycles. The zero-order chi connectivity index (χ0) is 28.6. The van der Waals surface area contributed by atoms with Crippen LogP contribution in [-0.2, 0) is 29.1 Å². The smallest absolute Gasteiger partial charge is 0.262 e. The first-order valence-corrected chi connectivity index (χ1v) is 15.3. The van der Waals surface area contributed by atoms with Crippen molar-refractivity contribution >= 4 is 40.2 Å². The van der Waals surface area contributed by atoms with Crippen LogP contribution in [0.2, 0.25) is 0 Å². The maximum absolute atomic E-state index is 13.6. The number of carbonyl (C=O) groups excluding carboxylic acids is 2. The van der Waals surface area contributed by atoms with Crippen LogP contribution >= 0.6 is 11.8 Å². The minimum atomic E-state index is -0.143. The van der Waals surface area contributed by atoms with Crippen molar-refractivity contribution in [1.29, 1.82) is 0 Å². The highest BCUT2D eigenvalue weighted by Gasteiger charge is 2.27. The van der Waals surface area contributed by atoms with E-state index in [2.05, 4.69) is 17.6 Å². The Kier molecular flexibility index (Phi) is 9.51. The van der Waals surface area contributed by atoms with E-state index in [9.17, 15) is 14.4 Å². The molecule has 2 N–H and O–H groups in total. The van der Waals surface area contributed by atoms with Gasteiger partial charge in [-0.3, -0.25) is 19.0 Å². The summed E-state index contributed by atoms with van der Waals surface area (Å²) < 4.78 is 1.73. The van der Waals surface area contributed by atoms with E-state index in [0.717, 1.165) is 43.4 Å². The van der Waals surface area contributed by atoms with Crippen molar-refractivity contribution in [3.8, 4) is 0 Å². The van der Waals surface area contributed by atoms with Gasteiger partial charge in [-0.25, -0.2) is 4.98 Å². The number of thioether (sulfide) groups is 1. The normalized spacial score (nSPS) is 16.8. The van der Waals surface area contributed by atoms with Crippen LogP contribution in [0.5, 0.6) is 0 Å². The Morgan fingerprint density at radius 2 is 1.61 bits per heavy atom. The number of rotatable bonds is 10. The molecule has 2 amide bonds. The first-order chi connectivity index (χ1) is 20.0. The van der Waals surface area contributed by atoms with Gasteiger partial charge in [0.05, 0.1) is 16.7 Å². The summed E-state index contributed by atoms with van der Waals surface area (Å²) in [5, 5.41) is 7.14. The number of nitrogens with zero attached hydrogens (tertiary/aromatic N) is 2. The fourth-order valence-electron chi connectivity index (χ4n) is 5.36. The number of aromatic nitrogens is 2. The van der Waals surface area contributed by atoms with E-state index in [1.807, 2.05) is 72.8 Å². The van der Waals surface area contributed by atoms with Crippen LogP contribution in [0.1, 0.15) is 43.7 Å². The van der Waals surface area contributed by atoms with Crippen molar-refractivity contribution in [2.45, 2.75) is 57.3 Å². The minimum absolute atomic E-state index is 0.00894. The Morgan fingerprint density at radius 1 is 0.902 bits per heavy atom. The van der Waals surface area contributed by atoms with Crippen molar-refractivity contribution < 1.29 is 9.59 Å². The molecule has 5 rings (SSSR count). The molecule has 0 bridgehead atoms. The fourth-order valence-corrected chi connectivity index (χ4v) is 6.17. The third-order valence-electron chi connectivity index (χ3n) is 7.77. The number of para-hydroxylation sites is 1. The number of hydrogen-bond donors (Lipinski definition) is 2. The molecule has 0 aliphatic heterocycles. The van der Waals surface area contributed by atoms with E-state index in [1.165, 1.54) is 17.3 Å². The number of aryl methyl sites for hydroxylation is 1. The average Bonchev–Trinajstić information content (AvgIpc) is 3.01. The second-order valence-corrected chi connectivity index (χ2v) is 11.6. The zero-order valence-electron chi connectivity index (χ0n) is 23.3. The summed E-state index contributed by atoms with van der Waals surface area (Å²) in [5.41, 5.74) is 3.60. The average molecular weight is 569 g/mol. The van der Waals surface area contributed by atoms with E-state index >= 15 is 0 Å². The van der Waals surface area contributed by atoms with Crippen molar-refractivity contribution in [3.63, 3.8) is 0 Å². The molecule has 1 aromatic heterocycles. The molecule has 4 aromatic rings. The summed E-state index contributed by atoms with van der Waals surface area (Å²) in [7, 11) is 0. The van der Waals surface area contributed by atoms with Gasteiger partial charge in [0.2, 0.25) is 11.8 Å². The SMILES string of the molecule is CCc1ccc(NC(=O)CSc2nc3ccccc3c(=O)n2CC2CCC(C(=O)NCc3ccccc3)CC2)cc1. The molecule has 8 heteroatoms. The van der Waals surface area contributed by atoms with E-state index < -0.39 is 0 Å². The van der Waals surface area contributed by atoms with E-state index in [-0.39, 0.29) is 35.0 Å². The standard InChI is InChI=1S/C33H36N4O3S/c1-2-23-14-18-27(19-15-23)35-30(38)22-41-33-36-29-11-7-6-10-28(29)32(40)37(33)21-25-12-16-26(17-13-25)31(39)34-20-24-8-4-3-5-9-24/h3-11,14-15,18-19,25-26H,2,12-13,16-17,20-22H2,1H3,(H,34,39)(H,35,38). The molecule has 1 aliphatic carbocycles. The number of nitrogens with one attached hydrogen (secondary N) is 2. The Morgan fingerprint density at radius 3 is 2.34 bits per heavy atom. The number of fused-ring (bicyclic) bond motifs is 1. The van der Waals surface area contributed by atoms with Gasteiger partial charge in [-0.15, -0.1) is 0 Å². The third kappa shape index (κ3) is 7.44. The quantitative estimate of drug-likeness (QED) is 0.186. The molecular weight excluding hydrogens is 532 g/mol. The van der Waals surface area contributed by atoms with Crippen molar-refractivity contribution in [3.05, 3.63) is 100 Å². The minimum Gasteiger partial charge on any atom is -0.352 e. The fraction of sp³-hybridized carbons (Fsp3) is 0.333. The summed E-state index contributed by atoms with van der Waals surface area (Å²) >= 11 is 1.29. The maximum atomic E-state index is 13.6. The van der Waals surface area contributed by atoms with Crippen LogP contribution in [0.3, 0.4) is 0 Å². The van der Waals surface area contributed by atoms with Crippen molar-refractivity contribution in [1.82, 2.24) is 14.9 Å². The molecule has 0 spiro atoms. The van der Waals surface area contributed by atoms with E-state index in [4.69, 9.17) is 4.98 Å². The molecular formula is C33H36N4O3S. The molecule has 3 aromatic carbocycles. The van der Waals surface area contributed by atoms with Gasteiger partial charge >= 0.3 is 0 Å². The summed E-state index contributed by atoms with van der Waals surface area (Å²) in [4.78, 5) is 43.9. The van der Waals surface area contributed by atoms with Gasteiger partial charge in [0.25, 0.3) is 5.56 Å². The molecule has 1 heterocycles. The topological polar surface area (TPSA) is 93.1 Å². The molecule has 1 aliphatic rings. The van der Waals surface area contributed by atoms with Crippen molar-refractivity contribution in [2.24, 2.45) is 11.8 Å². The van der Waals surface area contributed by atoms with Gasteiger partial charge in [0, 0.05) is 24.7 Å². The molecule has 1 saturated carbocycles. The zero-order valence-corrected chi connectivity index (χ0v) is 24.2. The number of carbonyl (C=O) groups is 2. The van der Waals surface area contributed by atoms with Gasteiger partial charge < -0.3 is 10.6 Å². The number of benzene rings is 3. The van der Waals surface area contributed by atoms with Crippen LogP contribution in [0.25, 0.3) is 10.9 Å². The van der Waals surface area contributed by atoms with E-state index in [1.54, 1.807) is 10.6 Å². The van der Waals surface area contributed by atoms with Gasteiger partial charge in [0.15, 0.2) is 5.16 Å². The van der Waals surface area contributed by atoms with Gasteiger partial charge in [-0.05, 0) is 73.4 Å². The lowest BCUT2D eigenvalue weighted by Gasteiger charge is -2.28. The highest BCUT2D eigenvalue weighted by Crippen LogP contribution is 2.31. The molecule has 212 valence electrons. The van der Waals surface area contributed by atoms with Gasteiger partial charge in [0.1, 0.15) is 0 Å².